The monoisotopic (exact) mass is 295 g/mol. The van der Waals surface area contributed by atoms with Crippen LogP contribution >= 0.6 is 0 Å². The number of hydrogen-bond donors (Lipinski definition) is 1. The van der Waals surface area contributed by atoms with Gasteiger partial charge in [0.1, 0.15) is 0 Å². The Morgan fingerprint density at radius 2 is 2.19 bits per heavy atom. The lowest BCUT2D eigenvalue weighted by Crippen LogP contribution is -2.45. The van der Waals surface area contributed by atoms with Crippen LogP contribution in [0.25, 0.3) is 0 Å². The molecule has 1 unspecified atom stereocenters. The molecule has 6 heteroatoms. The molecule has 6 nitrogen and oxygen atoms in total. The maximum Gasteiger partial charge on any atom is 0.305 e. The lowest BCUT2D eigenvalue weighted by atomic mass is 9.96. The summed E-state index contributed by atoms with van der Waals surface area (Å²) in [7, 11) is 0. The molecule has 1 amide bonds. The summed E-state index contributed by atoms with van der Waals surface area (Å²) in [4.78, 5) is 27.1. The van der Waals surface area contributed by atoms with Gasteiger partial charge in [0.15, 0.2) is 0 Å². The number of carbonyl (C=O) groups excluding carboxylic acids is 1. The summed E-state index contributed by atoms with van der Waals surface area (Å²) in [6.07, 6.45) is 3.13. The molecule has 0 spiro atoms. The maximum atomic E-state index is 12.6. The zero-order valence-corrected chi connectivity index (χ0v) is 12.8. The SMILES string of the molecule is CCCN(CCC(=O)O)C(=O)C1CCCN(CCC#N)C1. The number of hydrogen-bond acceptors (Lipinski definition) is 4. The Balaban J connectivity index is 2.56. The van der Waals surface area contributed by atoms with Crippen molar-refractivity contribution in [1.29, 1.82) is 5.26 Å². The summed E-state index contributed by atoms with van der Waals surface area (Å²) in [6, 6.07) is 2.13. The fraction of sp³-hybridized carbons (Fsp3) is 0.800. The first-order valence-electron chi connectivity index (χ1n) is 7.68. The molecule has 1 aliphatic heterocycles. The molecule has 118 valence electrons. The Labute approximate surface area is 126 Å². The van der Waals surface area contributed by atoms with Crippen LogP contribution in [-0.2, 0) is 9.59 Å². The van der Waals surface area contributed by atoms with E-state index < -0.39 is 5.97 Å². The molecule has 1 saturated heterocycles. The largest absolute Gasteiger partial charge is 0.481 e. The number of carboxylic acid groups (broad SMARTS) is 1. The van der Waals surface area contributed by atoms with E-state index in [0.717, 1.165) is 25.8 Å². The van der Waals surface area contributed by atoms with Crippen LogP contribution in [0.1, 0.15) is 39.0 Å². The normalized spacial score (nSPS) is 19.0. The van der Waals surface area contributed by atoms with Crippen LogP contribution in [0, 0.1) is 17.2 Å². The van der Waals surface area contributed by atoms with Gasteiger partial charge in [0, 0.05) is 32.6 Å². The van der Waals surface area contributed by atoms with Crippen molar-refractivity contribution in [3.63, 3.8) is 0 Å². The van der Waals surface area contributed by atoms with E-state index in [4.69, 9.17) is 10.4 Å². The highest BCUT2D eigenvalue weighted by Gasteiger charge is 2.28. The van der Waals surface area contributed by atoms with E-state index >= 15 is 0 Å². The minimum absolute atomic E-state index is 0.00337. The Bertz CT molecular complexity index is 392. The minimum Gasteiger partial charge on any atom is -0.481 e. The molecule has 1 heterocycles. The van der Waals surface area contributed by atoms with E-state index in [1.165, 1.54) is 0 Å². The third-order valence-corrected chi connectivity index (χ3v) is 3.80. The molecule has 1 rings (SSSR count). The minimum atomic E-state index is -0.872. The van der Waals surface area contributed by atoms with Crippen molar-refractivity contribution in [2.75, 3.05) is 32.7 Å². The van der Waals surface area contributed by atoms with Gasteiger partial charge in [0.25, 0.3) is 0 Å². The number of nitrogens with zero attached hydrogens (tertiary/aromatic N) is 3. The molecule has 0 saturated carbocycles. The van der Waals surface area contributed by atoms with Crippen LogP contribution in [0.2, 0.25) is 0 Å². The van der Waals surface area contributed by atoms with Gasteiger partial charge in [-0.25, -0.2) is 0 Å². The van der Waals surface area contributed by atoms with E-state index in [2.05, 4.69) is 11.0 Å². The predicted octanol–water partition coefficient (Wildman–Crippen LogP) is 1.33. The zero-order valence-electron chi connectivity index (χ0n) is 12.8. The number of likely N-dealkylation sites (tertiary alicyclic amines) is 1. The number of piperidine rings is 1. The molecule has 1 aliphatic rings. The van der Waals surface area contributed by atoms with Crippen molar-refractivity contribution < 1.29 is 14.7 Å². The number of carbonyl (C=O) groups is 2. The molecule has 1 N–H and O–H groups in total. The number of carboxylic acids is 1. The lowest BCUT2D eigenvalue weighted by Gasteiger charge is -2.34. The van der Waals surface area contributed by atoms with Crippen LogP contribution in [0.4, 0.5) is 0 Å². The van der Waals surface area contributed by atoms with E-state index in [9.17, 15) is 9.59 Å². The number of nitriles is 1. The van der Waals surface area contributed by atoms with E-state index in [1.807, 2.05) is 6.92 Å². The Hall–Kier alpha value is -1.61. The smallest absolute Gasteiger partial charge is 0.305 e. The first kappa shape index (κ1) is 17.4. The summed E-state index contributed by atoms with van der Waals surface area (Å²) in [5.74, 6) is -0.860. The Kier molecular flexibility index (Phi) is 7.76. The molecule has 0 aromatic carbocycles. The van der Waals surface area contributed by atoms with Gasteiger partial charge in [-0.1, -0.05) is 6.92 Å². The number of rotatable bonds is 8. The standard InChI is InChI=1S/C15H25N3O3/c1-2-8-18(11-6-14(19)20)15(21)13-5-3-9-17(12-13)10-4-7-16/h13H,2-6,8-12H2,1H3,(H,19,20). The Morgan fingerprint density at radius 3 is 2.81 bits per heavy atom. The second-order valence-corrected chi connectivity index (χ2v) is 5.52. The highest BCUT2D eigenvalue weighted by Crippen LogP contribution is 2.19. The highest BCUT2D eigenvalue weighted by molar-refractivity contribution is 5.79. The second kappa shape index (κ2) is 9.35. The van der Waals surface area contributed by atoms with Crippen molar-refractivity contribution in [2.45, 2.75) is 39.0 Å². The molecule has 0 aromatic rings. The third kappa shape index (κ3) is 6.13. The van der Waals surface area contributed by atoms with Crippen molar-refractivity contribution in [3.05, 3.63) is 0 Å². The van der Waals surface area contributed by atoms with Crippen LogP contribution in [0.15, 0.2) is 0 Å². The molecule has 1 fully saturated rings. The summed E-state index contributed by atoms with van der Waals surface area (Å²) in [5, 5.41) is 17.4. The number of amides is 1. The summed E-state index contributed by atoms with van der Waals surface area (Å²) < 4.78 is 0. The average Bonchev–Trinajstić information content (AvgIpc) is 2.48. The first-order chi connectivity index (χ1) is 10.1. The molecule has 21 heavy (non-hydrogen) atoms. The van der Waals surface area contributed by atoms with Gasteiger partial charge in [-0.3, -0.25) is 9.59 Å². The van der Waals surface area contributed by atoms with E-state index in [-0.39, 0.29) is 24.8 Å². The van der Waals surface area contributed by atoms with Crippen molar-refractivity contribution in [1.82, 2.24) is 9.80 Å². The van der Waals surface area contributed by atoms with Gasteiger partial charge in [0.2, 0.25) is 5.91 Å². The Morgan fingerprint density at radius 1 is 1.43 bits per heavy atom. The summed E-state index contributed by atoms with van der Waals surface area (Å²) in [5.41, 5.74) is 0. The van der Waals surface area contributed by atoms with Gasteiger partial charge >= 0.3 is 5.97 Å². The zero-order chi connectivity index (χ0) is 15.7. The van der Waals surface area contributed by atoms with Gasteiger partial charge in [-0.15, -0.1) is 0 Å². The quantitative estimate of drug-likeness (QED) is 0.730. The number of aliphatic carboxylic acids is 1. The van der Waals surface area contributed by atoms with Crippen molar-refractivity contribution in [2.24, 2.45) is 5.92 Å². The van der Waals surface area contributed by atoms with E-state index in [0.29, 0.717) is 26.1 Å². The fourth-order valence-corrected chi connectivity index (χ4v) is 2.76. The van der Waals surface area contributed by atoms with Gasteiger partial charge in [-0.05, 0) is 25.8 Å². The van der Waals surface area contributed by atoms with Crippen LogP contribution < -0.4 is 0 Å². The van der Waals surface area contributed by atoms with Crippen LogP contribution in [0.5, 0.6) is 0 Å². The van der Waals surface area contributed by atoms with Crippen LogP contribution in [0.3, 0.4) is 0 Å². The van der Waals surface area contributed by atoms with Gasteiger partial charge in [-0.2, -0.15) is 5.26 Å². The van der Waals surface area contributed by atoms with Gasteiger partial charge in [0.05, 0.1) is 18.4 Å². The summed E-state index contributed by atoms with van der Waals surface area (Å²) in [6.45, 7) is 5.23. The van der Waals surface area contributed by atoms with E-state index in [1.54, 1.807) is 4.90 Å². The molecule has 0 radical (unpaired) electrons. The highest BCUT2D eigenvalue weighted by atomic mass is 16.4. The first-order valence-corrected chi connectivity index (χ1v) is 7.68. The van der Waals surface area contributed by atoms with Crippen molar-refractivity contribution in [3.8, 4) is 6.07 Å². The lowest BCUT2D eigenvalue weighted by molar-refractivity contribution is -0.140. The average molecular weight is 295 g/mol. The van der Waals surface area contributed by atoms with Crippen LogP contribution in [-0.4, -0.2) is 59.5 Å². The van der Waals surface area contributed by atoms with Crippen molar-refractivity contribution >= 4 is 11.9 Å². The molecule has 0 aliphatic carbocycles. The molecular weight excluding hydrogens is 270 g/mol. The topological polar surface area (TPSA) is 84.6 Å². The molecular formula is C15H25N3O3. The third-order valence-electron chi connectivity index (χ3n) is 3.80. The molecule has 0 aromatic heterocycles. The molecule has 0 bridgehead atoms. The van der Waals surface area contributed by atoms with Gasteiger partial charge < -0.3 is 14.9 Å². The second-order valence-electron chi connectivity index (χ2n) is 5.52. The fourth-order valence-electron chi connectivity index (χ4n) is 2.76. The predicted molar refractivity (Wildman–Crippen MR) is 78.5 cm³/mol. The maximum absolute atomic E-state index is 12.6. The molecule has 1 atom stereocenters. The summed E-state index contributed by atoms with van der Waals surface area (Å²) >= 11 is 0.